The molecule has 0 aromatic heterocycles. The Hall–Kier alpha value is -1.48. The molecule has 0 unspecified atom stereocenters. The molecule has 88 valence electrons. The zero-order valence-corrected chi connectivity index (χ0v) is 10.8. The average molecular weight is 293 g/mol. The van der Waals surface area contributed by atoms with Crippen LogP contribution in [0.4, 0.5) is 0 Å². The number of benzene rings is 2. The first kappa shape index (κ1) is 12.0. The highest BCUT2D eigenvalue weighted by Gasteiger charge is 2.01. The lowest BCUT2D eigenvalue weighted by Crippen LogP contribution is -1.90. The quantitative estimate of drug-likeness (QED) is 0.848. The first-order valence-electron chi connectivity index (χ1n) is 5.40. The van der Waals surface area contributed by atoms with E-state index in [9.17, 15) is 10.2 Å². The van der Waals surface area contributed by atoms with Gasteiger partial charge in [-0.05, 0) is 48.2 Å². The van der Waals surface area contributed by atoms with Crippen LogP contribution < -0.4 is 0 Å². The molecule has 0 saturated carbocycles. The van der Waals surface area contributed by atoms with Crippen molar-refractivity contribution in [2.24, 2.45) is 0 Å². The van der Waals surface area contributed by atoms with Crippen molar-refractivity contribution in [3.05, 3.63) is 58.1 Å². The molecule has 0 fully saturated rings. The van der Waals surface area contributed by atoms with Gasteiger partial charge in [-0.1, -0.05) is 34.1 Å². The molecule has 0 aliphatic carbocycles. The molecular formula is C14H13BrO2. The molecule has 0 heterocycles. The maximum atomic E-state index is 9.38. The lowest BCUT2D eigenvalue weighted by Gasteiger charge is -2.04. The summed E-state index contributed by atoms with van der Waals surface area (Å²) in [5.74, 6) is -0.129. The molecule has 0 aliphatic rings. The van der Waals surface area contributed by atoms with Crippen molar-refractivity contribution in [1.82, 2.24) is 0 Å². The number of hydrogen-bond donors (Lipinski definition) is 2. The largest absolute Gasteiger partial charge is 0.504 e. The van der Waals surface area contributed by atoms with Crippen molar-refractivity contribution < 1.29 is 10.2 Å². The Kier molecular flexibility index (Phi) is 3.69. The Balaban J connectivity index is 2.02. The minimum atomic E-state index is -0.0719. The van der Waals surface area contributed by atoms with Gasteiger partial charge < -0.3 is 10.2 Å². The van der Waals surface area contributed by atoms with Gasteiger partial charge in [0.1, 0.15) is 0 Å². The van der Waals surface area contributed by atoms with Crippen LogP contribution >= 0.6 is 15.9 Å². The number of phenolic OH excluding ortho intramolecular Hbond substituents is 2. The number of aryl methyl sites for hydroxylation is 2. The predicted octanol–water partition coefficient (Wildman–Crippen LogP) is 3.65. The zero-order valence-electron chi connectivity index (χ0n) is 9.23. The third-order valence-corrected chi connectivity index (χ3v) is 3.18. The van der Waals surface area contributed by atoms with Crippen LogP contribution in [-0.4, -0.2) is 10.2 Å². The van der Waals surface area contributed by atoms with E-state index in [1.807, 2.05) is 18.2 Å². The smallest absolute Gasteiger partial charge is 0.157 e. The topological polar surface area (TPSA) is 40.5 Å². The van der Waals surface area contributed by atoms with E-state index in [-0.39, 0.29) is 11.5 Å². The second-order valence-electron chi connectivity index (χ2n) is 3.95. The molecule has 0 radical (unpaired) electrons. The molecule has 3 heteroatoms. The monoisotopic (exact) mass is 292 g/mol. The fourth-order valence-corrected chi connectivity index (χ4v) is 1.93. The Labute approximate surface area is 109 Å². The molecule has 0 bridgehead atoms. The van der Waals surface area contributed by atoms with Gasteiger partial charge in [0.25, 0.3) is 0 Å². The number of halogens is 1. The summed E-state index contributed by atoms with van der Waals surface area (Å²) in [6.45, 7) is 0. The van der Waals surface area contributed by atoms with E-state index >= 15 is 0 Å². The van der Waals surface area contributed by atoms with E-state index in [2.05, 4.69) is 28.1 Å². The Morgan fingerprint density at radius 1 is 0.765 bits per heavy atom. The van der Waals surface area contributed by atoms with Crippen LogP contribution in [0.5, 0.6) is 11.5 Å². The molecule has 0 saturated heterocycles. The molecule has 2 rings (SSSR count). The first-order valence-corrected chi connectivity index (χ1v) is 6.20. The molecule has 2 aromatic rings. The van der Waals surface area contributed by atoms with Gasteiger partial charge in [-0.25, -0.2) is 0 Å². The van der Waals surface area contributed by atoms with Crippen molar-refractivity contribution in [1.29, 1.82) is 0 Å². The molecule has 17 heavy (non-hydrogen) atoms. The lowest BCUT2D eigenvalue weighted by atomic mass is 10.0. The lowest BCUT2D eigenvalue weighted by molar-refractivity contribution is 0.403. The summed E-state index contributed by atoms with van der Waals surface area (Å²) in [6.07, 6.45) is 1.76. The van der Waals surface area contributed by atoms with Gasteiger partial charge in [-0.2, -0.15) is 0 Å². The predicted molar refractivity (Wildman–Crippen MR) is 71.3 cm³/mol. The van der Waals surface area contributed by atoms with E-state index < -0.39 is 0 Å². The van der Waals surface area contributed by atoms with Crippen LogP contribution in [0.15, 0.2) is 46.9 Å². The summed E-state index contributed by atoms with van der Waals surface area (Å²) < 4.78 is 1.07. The average Bonchev–Trinajstić information content (AvgIpc) is 2.33. The summed E-state index contributed by atoms with van der Waals surface area (Å²) in [6, 6.07) is 13.1. The molecule has 2 N–H and O–H groups in total. The second-order valence-corrected chi connectivity index (χ2v) is 4.87. The van der Waals surface area contributed by atoms with Crippen molar-refractivity contribution in [3.8, 4) is 11.5 Å². The number of phenols is 2. The van der Waals surface area contributed by atoms with Gasteiger partial charge in [0.2, 0.25) is 0 Å². The van der Waals surface area contributed by atoms with E-state index in [0.717, 1.165) is 22.9 Å². The molecule has 0 atom stereocenters. The maximum absolute atomic E-state index is 9.38. The Morgan fingerprint density at radius 3 is 2.00 bits per heavy atom. The van der Waals surface area contributed by atoms with Crippen LogP contribution in [0, 0.1) is 0 Å². The summed E-state index contributed by atoms with van der Waals surface area (Å²) in [7, 11) is 0. The highest BCUT2D eigenvalue weighted by Crippen LogP contribution is 2.25. The van der Waals surface area contributed by atoms with Gasteiger partial charge in [0.15, 0.2) is 11.5 Å². The highest BCUT2D eigenvalue weighted by atomic mass is 79.9. The van der Waals surface area contributed by atoms with E-state index in [4.69, 9.17) is 0 Å². The summed E-state index contributed by atoms with van der Waals surface area (Å²) >= 11 is 3.40. The SMILES string of the molecule is Oc1ccc(CCc2ccc(Br)cc2)cc1O. The Morgan fingerprint density at radius 2 is 1.35 bits per heavy atom. The normalized spacial score (nSPS) is 10.4. The molecule has 2 nitrogen and oxygen atoms in total. The van der Waals surface area contributed by atoms with Crippen molar-refractivity contribution in [2.75, 3.05) is 0 Å². The minimum absolute atomic E-state index is 0.0571. The van der Waals surface area contributed by atoms with E-state index in [1.54, 1.807) is 6.07 Å². The highest BCUT2D eigenvalue weighted by molar-refractivity contribution is 9.10. The third kappa shape index (κ3) is 3.24. The summed E-state index contributed by atoms with van der Waals surface area (Å²) in [5.41, 5.74) is 2.27. The summed E-state index contributed by atoms with van der Waals surface area (Å²) in [4.78, 5) is 0. The van der Waals surface area contributed by atoms with E-state index in [1.165, 1.54) is 11.6 Å². The van der Waals surface area contributed by atoms with Crippen LogP contribution in [0.3, 0.4) is 0 Å². The van der Waals surface area contributed by atoms with Crippen molar-refractivity contribution >= 4 is 15.9 Å². The summed E-state index contributed by atoms with van der Waals surface area (Å²) in [5, 5.41) is 18.6. The van der Waals surface area contributed by atoms with Crippen molar-refractivity contribution in [2.45, 2.75) is 12.8 Å². The van der Waals surface area contributed by atoms with Gasteiger partial charge in [0.05, 0.1) is 0 Å². The fourth-order valence-electron chi connectivity index (χ4n) is 1.66. The third-order valence-electron chi connectivity index (χ3n) is 2.66. The minimum Gasteiger partial charge on any atom is -0.504 e. The van der Waals surface area contributed by atoms with E-state index in [0.29, 0.717) is 0 Å². The van der Waals surface area contributed by atoms with Gasteiger partial charge in [-0.3, -0.25) is 0 Å². The second kappa shape index (κ2) is 5.23. The standard InChI is InChI=1S/C14H13BrO2/c15-12-6-3-10(4-7-12)1-2-11-5-8-13(16)14(17)9-11/h3-9,16-17H,1-2H2. The molecule has 0 spiro atoms. The molecular weight excluding hydrogens is 280 g/mol. The number of rotatable bonds is 3. The van der Waals surface area contributed by atoms with Crippen molar-refractivity contribution in [3.63, 3.8) is 0 Å². The van der Waals surface area contributed by atoms with Gasteiger partial charge in [-0.15, -0.1) is 0 Å². The van der Waals surface area contributed by atoms with Crippen LogP contribution in [0.2, 0.25) is 0 Å². The number of aromatic hydroxyl groups is 2. The first-order chi connectivity index (χ1) is 8.15. The maximum Gasteiger partial charge on any atom is 0.157 e. The number of hydrogen-bond acceptors (Lipinski definition) is 2. The van der Waals surface area contributed by atoms with Crippen LogP contribution in [0.25, 0.3) is 0 Å². The van der Waals surface area contributed by atoms with Crippen LogP contribution in [0.1, 0.15) is 11.1 Å². The molecule has 0 aliphatic heterocycles. The van der Waals surface area contributed by atoms with Gasteiger partial charge in [0, 0.05) is 4.47 Å². The fraction of sp³-hybridized carbons (Fsp3) is 0.143. The molecule has 0 amide bonds. The van der Waals surface area contributed by atoms with Gasteiger partial charge >= 0.3 is 0 Å². The van der Waals surface area contributed by atoms with Crippen LogP contribution in [-0.2, 0) is 12.8 Å². The Bertz CT molecular complexity index is 506. The zero-order chi connectivity index (χ0) is 12.3. The molecule has 2 aromatic carbocycles.